The van der Waals surface area contributed by atoms with Gasteiger partial charge in [0.1, 0.15) is 0 Å². The van der Waals surface area contributed by atoms with E-state index in [0.29, 0.717) is 50.7 Å². The minimum atomic E-state index is -0.273. The fourth-order valence-electron chi connectivity index (χ4n) is 3.96. The van der Waals surface area contributed by atoms with E-state index in [1.165, 1.54) is 11.1 Å². The van der Waals surface area contributed by atoms with E-state index in [9.17, 15) is 9.59 Å². The van der Waals surface area contributed by atoms with Crippen LogP contribution in [0.5, 0.6) is 0 Å². The third kappa shape index (κ3) is 4.09. The van der Waals surface area contributed by atoms with Crippen molar-refractivity contribution in [3.8, 4) is 0 Å². The standard InChI is InChI=1S/C22H26N4O3/c1-3-29-22(28)26-10-8-25(9-11-26)21-23-14-18-19(24-21)12-17(13-20(18)27)16-6-4-15(2)5-7-16/h4-7,14,17H,3,8-13H2,1-2H3/t17-/m0/s1. The van der Waals surface area contributed by atoms with Crippen molar-refractivity contribution in [1.82, 2.24) is 14.9 Å². The van der Waals surface area contributed by atoms with E-state index in [4.69, 9.17) is 9.72 Å². The van der Waals surface area contributed by atoms with E-state index in [2.05, 4.69) is 41.1 Å². The highest BCUT2D eigenvalue weighted by Gasteiger charge is 2.29. The van der Waals surface area contributed by atoms with Gasteiger partial charge in [-0.25, -0.2) is 14.8 Å². The highest BCUT2D eigenvalue weighted by atomic mass is 16.6. The lowest BCUT2D eigenvalue weighted by atomic mass is 9.82. The van der Waals surface area contributed by atoms with Crippen molar-refractivity contribution in [3.05, 3.63) is 52.8 Å². The Hall–Kier alpha value is -2.96. The van der Waals surface area contributed by atoms with Gasteiger partial charge in [-0.05, 0) is 31.7 Å². The highest BCUT2D eigenvalue weighted by Crippen LogP contribution is 2.32. The Bertz CT molecular complexity index is 905. The van der Waals surface area contributed by atoms with Crippen LogP contribution in [-0.2, 0) is 11.2 Å². The number of carbonyl (C=O) groups is 2. The van der Waals surface area contributed by atoms with Crippen molar-refractivity contribution in [2.24, 2.45) is 0 Å². The second kappa shape index (κ2) is 8.19. The van der Waals surface area contributed by atoms with Gasteiger partial charge in [-0.2, -0.15) is 0 Å². The van der Waals surface area contributed by atoms with Crippen LogP contribution in [0, 0.1) is 6.92 Å². The molecule has 1 aromatic heterocycles. The fraction of sp³-hybridized carbons (Fsp3) is 0.455. The van der Waals surface area contributed by atoms with Gasteiger partial charge in [-0.3, -0.25) is 4.79 Å². The number of carbonyl (C=O) groups excluding carboxylic acids is 2. The summed E-state index contributed by atoms with van der Waals surface area (Å²) in [4.78, 5) is 37.5. The summed E-state index contributed by atoms with van der Waals surface area (Å²) < 4.78 is 5.07. The Balaban J connectivity index is 1.49. The first-order valence-electron chi connectivity index (χ1n) is 10.2. The van der Waals surface area contributed by atoms with E-state index < -0.39 is 0 Å². The number of hydrogen-bond donors (Lipinski definition) is 0. The van der Waals surface area contributed by atoms with E-state index in [1.54, 1.807) is 18.0 Å². The third-order valence-electron chi connectivity index (χ3n) is 5.66. The van der Waals surface area contributed by atoms with Crippen LogP contribution in [0.1, 0.15) is 46.4 Å². The molecule has 1 amide bonds. The maximum absolute atomic E-state index is 12.7. The molecule has 1 aliphatic heterocycles. The zero-order valence-electron chi connectivity index (χ0n) is 16.9. The van der Waals surface area contributed by atoms with Crippen molar-refractivity contribution >= 4 is 17.8 Å². The molecule has 0 spiro atoms. The molecule has 1 fully saturated rings. The Labute approximate surface area is 170 Å². The van der Waals surface area contributed by atoms with Crippen LogP contribution < -0.4 is 4.90 Å². The molecule has 2 heterocycles. The zero-order chi connectivity index (χ0) is 20.4. The number of aromatic nitrogens is 2. The smallest absolute Gasteiger partial charge is 0.409 e. The quantitative estimate of drug-likeness (QED) is 0.797. The monoisotopic (exact) mass is 394 g/mol. The number of aryl methyl sites for hydroxylation is 1. The number of ether oxygens (including phenoxy) is 1. The van der Waals surface area contributed by atoms with Gasteiger partial charge >= 0.3 is 6.09 Å². The van der Waals surface area contributed by atoms with Gasteiger partial charge < -0.3 is 14.5 Å². The average molecular weight is 394 g/mol. The molecule has 1 atom stereocenters. The fourth-order valence-corrected chi connectivity index (χ4v) is 3.96. The van der Waals surface area contributed by atoms with Gasteiger partial charge in [-0.15, -0.1) is 0 Å². The Kier molecular flexibility index (Phi) is 5.47. The summed E-state index contributed by atoms with van der Waals surface area (Å²) in [5.74, 6) is 0.888. The summed E-state index contributed by atoms with van der Waals surface area (Å²) >= 11 is 0. The first-order chi connectivity index (χ1) is 14.0. The van der Waals surface area contributed by atoms with Crippen molar-refractivity contribution in [2.45, 2.75) is 32.6 Å². The number of hydrogen-bond acceptors (Lipinski definition) is 6. The van der Waals surface area contributed by atoms with Gasteiger partial charge in [0.2, 0.25) is 5.95 Å². The second-order valence-electron chi connectivity index (χ2n) is 7.64. The molecular formula is C22H26N4O3. The molecule has 0 radical (unpaired) electrons. The highest BCUT2D eigenvalue weighted by molar-refractivity contribution is 5.98. The summed E-state index contributed by atoms with van der Waals surface area (Å²) in [7, 11) is 0. The summed E-state index contributed by atoms with van der Waals surface area (Å²) in [6, 6.07) is 8.39. The minimum absolute atomic E-state index is 0.107. The molecule has 1 aliphatic carbocycles. The molecule has 29 heavy (non-hydrogen) atoms. The van der Waals surface area contributed by atoms with E-state index in [1.807, 2.05) is 0 Å². The van der Waals surface area contributed by atoms with Crippen molar-refractivity contribution in [3.63, 3.8) is 0 Å². The Morgan fingerprint density at radius 3 is 2.55 bits per heavy atom. The Morgan fingerprint density at radius 1 is 1.14 bits per heavy atom. The topological polar surface area (TPSA) is 75.6 Å². The van der Waals surface area contributed by atoms with Crippen LogP contribution in [0.3, 0.4) is 0 Å². The number of amides is 1. The lowest BCUT2D eigenvalue weighted by Crippen LogP contribution is -2.49. The molecule has 0 unspecified atom stereocenters. The molecule has 0 bridgehead atoms. The molecule has 7 heteroatoms. The van der Waals surface area contributed by atoms with Crippen LogP contribution in [0.2, 0.25) is 0 Å². The lowest BCUT2D eigenvalue weighted by Gasteiger charge is -2.34. The SMILES string of the molecule is CCOC(=O)N1CCN(c2ncc3c(n2)C[C@H](c2ccc(C)cc2)CC3=O)CC1. The van der Waals surface area contributed by atoms with Crippen molar-refractivity contribution in [2.75, 3.05) is 37.7 Å². The molecule has 0 N–H and O–H groups in total. The van der Waals surface area contributed by atoms with Gasteiger partial charge in [0.15, 0.2) is 5.78 Å². The number of rotatable bonds is 3. The van der Waals surface area contributed by atoms with Crippen LogP contribution in [0.15, 0.2) is 30.5 Å². The van der Waals surface area contributed by atoms with E-state index >= 15 is 0 Å². The maximum atomic E-state index is 12.7. The van der Waals surface area contributed by atoms with E-state index in [-0.39, 0.29) is 17.8 Å². The maximum Gasteiger partial charge on any atom is 0.409 e. The average Bonchev–Trinajstić information content (AvgIpc) is 2.74. The molecule has 2 aromatic rings. The van der Waals surface area contributed by atoms with E-state index in [0.717, 1.165) is 12.1 Å². The molecule has 7 nitrogen and oxygen atoms in total. The van der Waals surface area contributed by atoms with Crippen LogP contribution in [0.25, 0.3) is 0 Å². The Morgan fingerprint density at radius 2 is 1.86 bits per heavy atom. The van der Waals surface area contributed by atoms with Gasteiger partial charge in [0.25, 0.3) is 0 Å². The number of piperazine rings is 1. The number of benzene rings is 1. The molecule has 0 saturated carbocycles. The molecule has 1 aromatic carbocycles. The summed E-state index contributed by atoms with van der Waals surface area (Å²) in [5, 5.41) is 0. The molecule has 152 valence electrons. The predicted octanol–water partition coefficient (Wildman–Crippen LogP) is 2.98. The molecule has 4 rings (SSSR count). The predicted molar refractivity (Wildman–Crippen MR) is 109 cm³/mol. The van der Waals surface area contributed by atoms with Crippen molar-refractivity contribution in [1.29, 1.82) is 0 Å². The lowest BCUT2D eigenvalue weighted by molar-refractivity contribution is 0.0961. The van der Waals surface area contributed by atoms with Crippen LogP contribution in [0.4, 0.5) is 10.7 Å². The largest absolute Gasteiger partial charge is 0.450 e. The first kappa shape index (κ1) is 19.4. The summed E-state index contributed by atoms with van der Waals surface area (Å²) in [6.45, 7) is 6.68. The van der Waals surface area contributed by atoms with Crippen molar-refractivity contribution < 1.29 is 14.3 Å². The summed E-state index contributed by atoms with van der Waals surface area (Å²) in [6.07, 6.45) is 2.63. The molecular weight excluding hydrogens is 368 g/mol. The number of fused-ring (bicyclic) bond motifs is 1. The number of ketones is 1. The zero-order valence-corrected chi connectivity index (χ0v) is 16.9. The number of anilines is 1. The second-order valence-corrected chi connectivity index (χ2v) is 7.64. The minimum Gasteiger partial charge on any atom is -0.450 e. The van der Waals surface area contributed by atoms with Gasteiger partial charge in [0.05, 0.1) is 17.9 Å². The van der Waals surface area contributed by atoms with Crippen LogP contribution in [-0.4, -0.2) is 59.5 Å². The molecule has 2 aliphatic rings. The van der Waals surface area contributed by atoms with Gasteiger partial charge in [-0.1, -0.05) is 29.8 Å². The van der Waals surface area contributed by atoms with Crippen LogP contribution >= 0.6 is 0 Å². The first-order valence-corrected chi connectivity index (χ1v) is 10.2. The number of Topliss-reactive ketones (excluding diaryl/α,β-unsaturated/α-hetero) is 1. The number of nitrogens with zero attached hydrogens (tertiary/aromatic N) is 4. The third-order valence-corrected chi connectivity index (χ3v) is 5.66. The summed E-state index contributed by atoms with van der Waals surface area (Å²) in [5.41, 5.74) is 3.85. The normalized spacial score (nSPS) is 19.1. The van der Waals surface area contributed by atoms with Gasteiger partial charge in [0, 0.05) is 38.8 Å². The molecule has 1 saturated heterocycles.